The molecule has 0 saturated carbocycles. The van der Waals surface area contributed by atoms with Gasteiger partial charge in [-0.25, -0.2) is 9.97 Å². The van der Waals surface area contributed by atoms with Gasteiger partial charge in [-0.3, -0.25) is 0 Å². The zero-order valence-electron chi connectivity index (χ0n) is 9.38. The number of benzene rings is 1. The van der Waals surface area contributed by atoms with E-state index in [0.29, 0.717) is 22.8 Å². The van der Waals surface area contributed by atoms with Gasteiger partial charge in [-0.15, -0.1) is 6.42 Å². The van der Waals surface area contributed by atoms with Crippen molar-refractivity contribution in [3.8, 4) is 23.7 Å². The molecule has 0 fully saturated rings. The number of H-pyrrole nitrogens is 1. The van der Waals surface area contributed by atoms with Gasteiger partial charge >= 0.3 is 0 Å². The number of rotatable bonds is 1. The van der Waals surface area contributed by atoms with Crippen LogP contribution in [-0.2, 0) is 0 Å². The van der Waals surface area contributed by atoms with Crippen LogP contribution in [0.5, 0.6) is 0 Å². The lowest BCUT2D eigenvalue weighted by Crippen LogP contribution is -1.97. The minimum absolute atomic E-state index is 0.242. The van der Waals surface area contributed by atoms with Crippen molar-refractivity contribution >= 4 is 17.0 Å². The second kappa shape index (κ2) is 3.86. The molecule has 0 aliphatic carbocycles. The van der Waals surface area contributed by atoms with Crippen LogP contribution in [0.4, 0.5) is 5.82 Å². The van der Waals surface area contributed by atoms with E-state index in [-0.39, 0.29) is 5.82 Å². The number of imidazole rings is 1. The van der Waals surface area contributed by atoms with Gasteiger partial charge in [0, 0.05) is 5.56 Å². The Labute approximate surface area is 103 Å². The molecule has 86 valence electrons. The van der Waals surface area contributed by atoms with Crippen molar-refractivity contribution in [3.63, 3.8) is 0 Å². The normalized spacial score (nSPS) is 10.4. The molecule has 0 spiro atoms. The summed E-state index contributed by atoms with van der Waals surface area (Å²) in [7, 11) is 0. The van der Waals surface area contributed by atoms with Crippen molar-refractivity contribution in [2.75, 3.05) is 5.73 Å². The molecule has 0 radical (unpaired) electrons. The van der Waals surface area contributed by atoms with E-state index in [9.17, 15) is 0 Å². The number of aromatic nitrogens is 4. The molecule has 0 atom stereocenters. The van der Waals surface area contributed by atoms with E-state index >= 15 is 0 Å². The van der Waals surface area contributed by atoms with Crippen LogP contribution in [-0.4, -0.2) is 19.9 Å². The maximum Gasteiger partial charge on any atom is 0.208 e. The van der Waals surface area contributed by atoms with Crippen LogP contribution in [0.3, 0.4) is 0 Å². The van der Waals surface area contributed by atoms with Crippen molar-refractivity contribution in [3.05, 3.63) is 36.2 Å². The van der Waals surface area contributed by atoms with Crippen LogP contribution in [0.25, 0.3) is 22.6 Å². The Morgan fingerprint density at radius 2 is 1.89 bits per heavy atom. The van der Waals surface area contributed by atoms with Gasteiger partial charge < -0.3 is 10.7 Å². The quantitative estimate of drug-likeness (QED) is 0.627. The van der Waals surface area contributed by atoms with Crippen molar-refractivity contribution in [2.45, 2.75) is 0 Å². The SMILES string of the molecule is C#Cc1nc(N)c2[nH]c(-c3ccccc3)nc2n1. The molecule has 5 nitrogen and oxygen atoms in total. The third-order valence-electron chi connectivity index (χ3n) is 2.56. The Kier molecular flexibility index (Phi) is 2.21. The summed E-state index contributed by atoms with van der Waals surface area (Å²) < 4.78 is 0. The van der Waals surface area contributed by atoms with Crippen LogP contribution in [0.15, 0.2) is 30.3 Å². The van der Waals surface area contributed by atoms with Gasteiger partial charge in [0.1, 0.15) is 11.3 Å². The lowest BCUT2D eigenvalue weighted by molar-refractivity contribution is 1.17. The standard InChI is InChI=1S/C13H9N5/c1-2-9-15-11(14)10-13(16-9)18-12(17-10)8-6-4-3-5-7-8/h1,3-7H,(H3,14,15,16,17,18). The number of nitrogens with two attached hydrogens (primary N) is 1. The lowest BCUT2D eigenvalue weighted by atomic mass is 10.2. The largest absolute Gasteiger partial charge is 0.382 e. The third kappa shape index (κ3) is 1.57. The number of aromatic amines is 1. The Morgan fingerprint density at radius 3 is 2.61 bits per heavy atom. The number of terminal acetylenes is 1. The third-order valence-corrected chi connectivity index (χ3v) is 2.56. The molecule has 3 aromatic rings. The smallest absolute Gasteiger partial charge is 0.208 e. The number of fused-ring (bicyclic) bond motifs is 1. The van der Waals surface area contributed by atoms with Gasteiger partial charge in [-0.05, 0) is 5.92 Å². The molecular weight excluding hydrogens is 226 g/mol. The monoisotopic (exact) mass is 235 g/mol. The Bertz CT molecular complexity index is 752. The molecule has 0 amide bonds. The molecule has 0 bridgehead atoms. The molecule has 18 heavy (non-hydrogen) atoms. The van der Waals surface area contributed by atoms with E-state index in [1.165, 1.54) is 0 Å². The summed E-state index contributed by atoms with van der Waals surface area (Å²) in [6, 6.07) is 9.71. The lowest BCUT2D eigenvalue weighted by Gasteiger charge is -1.94. The maximum atomic E-state index is 5.81. The van der Waals surface area contributed by atoms with Gasteiger partial charge in [0.2, 0.25) is 5.82 Å². The summed E-state index contributed by atoms with van der Waals surface area (Å²) in [5.41, 5.74) is 7.85. The van der Waals surface area contributed by atoms with Gasteiger partial charge in [0.15, 0.2) is 11.5 Å². The fraction of sp³-hybridized carbons (Fsp3) is 0. The minimum atomic E-state index is 0.242. The molecular formula is C13H9N5. The number of nitrogen functional groups attached to an aromatic ring is 1. The Hall–Kier alpha value is -2.87. The van der Waals surface area contributed by atoms with E-state index in [0.717, 1.165) is 5.56 Å². The van der Waals surface area contributed by atoms with Crippen molar-refractivity contribution in [2.24, 2.45) is 0 Å². The first-order valence-electron chi connectivity index (χ1n) is 5.33. The fourth-order valence-electron chi connectivity index (χ4n) is 1.72. The molecule has 1 aromatic carbocycles. The molecule has 5 heteroatoms. The highest BCUT2D eigenvalue weighted by Gasteiger charge is 2.10. The van der Waals surface area contributed by atoms with Gasteiger partial charge in [0.25, 0.3) is 0 Å². The number of nitrogens with one attached hydrogen (secondary N) is 1. The van der Waals surface area contributed by atoms with E-state index in [2.05, 4.69) is 25.9 Å². The Balaban J connectivity index is 2.24. The van der Waals surface area contributed by atoms with E-state index in [1.54, 1.807) is 0 Å². The van der Waals surface area contributed by atoms with Crippen LogP contribution in [0, 0.1) is 12.3 Å². The topological polar surface area (TPSA) is 80.5 Å². The number of nitrogens with zero attached hydrogens (tertiary/aromatic N) is 3. The highest BCUT2D eigenvalue weighted by Crippen LogP contribution is 2.21. The predicted octanol–water partition coefficient (Wildman–Crippen LogP) is 1.58. The van der Waals surface area contributed by atoms with Crippen molar-refractivity contribution in [1.29, 1.82) is 0 Å². The molecule has 3 rings (SSSR count). The summed E-state index contributed by atoms with van der Waals surface area (Å²) in [6.45, 7) is 0. The summed E-state index contributed by atoms with van der Waals surface area (Å²) in [6.07, 6.45) is 5.26. The molecule has 3 N–H and O–H groups in total. The summed E-state index contributed by atoms with van der Waals surface area (Å²) in [4.78, 5) is 15.6. The van der Waals surface area contributed by atoms with E-state index in [4.69, 9.17) is 12.2 Å². The highest BCUT2D eigenvalue weighted by molar-refractivity contribution is 5.84. The van der Waals surface area contributed by atoms with Crippen LogP contribution < -0.4 is 5.73 Å². The molecule has 0 aliphatic heterocycles. The van der Waals surface area contributed by atoms with Gasteiger partial charge in [-0.1, -0.05) is 30.3 Å². The molecule has 0 aliphatic rings. The van der Waals surface area contributed by atoms with Gasteiger partial charge in [-0.2, -0.15) is 4.98 Å². The number of anilines is 1. The second-order valence-corrected chi connectivity index (χ2v) is 3.73. The van der Waals surface area contributed by atoms with Crippen molar-refractivity contribution < 1.29 is 0 Å². The van der Waals surface area contributed by atoms with Crippen LogP contribution >= 0.6 is 0 Å². The zero-order chi connectivity index (χ0) is 12.5. The Morgan fingerprint density at radius 1 is 1.11 bits per heavy atom. The summed E-state index contributed by atoms with van der Waals surface area (Å²) in [5.74, 6) is 3.60. The highest BCUT2D eigenvalue weighted by atomic mass is 15.1. The molecule has 0 unspecified atom stereocenters. The van der Waals surface area contributed by atoms with Gasteiger partial charge in [0.05, 0.1) is 0 Å². The summed E-state index contributed by atoms with van der Waals surface area (Å²) in [5, 5.41) is 0. The first kappa shape index (κ1) is 10.3. The zero-order valence-corrected chi connectivity index (χ0v) is 9.38. The average Bonchev–Trinajstić information content (AvgIpc) is 2.84. The first-order chi connectivity index (χ1) is 8.78. The fourth-order valence-corrected chi connectivity index (χ4v) is 1.72. The molecule has 2 aromatic heterocycles. The minimum Gasteiger partial charge on any atom is -0.382 e. The molecule has 0 saturated heterocycles. The second-order valence-electron chi connectivity index (χ2n) is 3.73. The number of hydrogen-bond acceptors (Lipinski definition) is 4. The van der Waals surface area contributed by atoms with E-state index in [1.807, 2.05) is 30.3 Å². The number of hydrogen-bond donors (Lipinski definition) is 2. The maximum absolute atomic E-state index is 5.81. The van der Waals surface area contributed by atoms with Crippen LogP contribution in [0.1, 0.15) is 5.82 Å². The summed E-state index contributed by atoms with van der Waals surface area (Å²) >= 11 is 0. The molecule has 2 heterocycles. The van der Waals surface area contributed by atoms with Crippen molar-refractivity contribution in [1.82, 2.24) is 19.9 Å². The van der Waals surface area contributed by atoms with Crippen LogP contribution in [0.2, 0.25) is 0 Å². The first-order valence-corrected chi connectivity index (χ1v) is 5.33. The van der Waals surface area contributed by atoms with E-state index < -0.39 is 0 Å². The average molecular weight is 235 g/mol. The predicted molar refractivity (Wildman–Crippen MR) is 69.5 cm³/mol.